The molecule has 0 bridgehead atoms. The van der Waals surface area contributed by atoms with Gasteiger partial charge in [-0.3, -0.25) is 9.69 Å². The van der Waals surface area contributed by atoms with Crippen molar-refractivity contribution in [1.82, 2.24) is 14.5 Å². The Balaban J connectivity index is 1.25. The number of hydrogen-bond donors (Lipinski definition) is 3. The molecule has 0 aliphatic carbocycles. The van der Waals surface area contributed by atoms with Crippen molar-refractivity contribution in [2.24, 2.45) is 11.3 Å². The monoisotopic (exact) mass is 755 g/mol. The second kappa shape index (κ2) is 16.4. The predicted molar refractivity (Wildman–Crippen MR) is 190 cm³/mol. The second-order valence-corrected chi connectivity index (χ2v) is 16.4. The Morgan fingerprint density at radius 2 is 1.75 bits per heavy atom. The van der Waals surface area contributed by atoms with E-state index in [1.807, 2.05) is 44.2 Å². The number of aliphatic hydroxyl groups excluding tert-OH is 1. The maximum atomic E-state index is 14.5. The van der Waals surface area contributed by atoms with E-state index >= 15 is 0 Å². The van der Waals surface area contributed by atoms with Gasteiger partial charge in [-0.15, -0.1) is 0 Å². The van der Waals surface area contributed by atoms with Gasteiger partial charge in [0.2, 0.25) is 16.8 Å². The first-order chi connectivity index (χ1) is 25.3. The minimum absolute atomic E-state index is 0.0387. The van der Waals surface area contributed by atoms with Gasteiger partial charge in [-0.05, 0) is 73.1 Å². The Hall–Kier alpha value is -4.28. The molecule has 5 atom stereocenters. The fraction of sp³-hybridized carbons (Fsp3) is 0.474. The first-order valence-corrected chi connectivity index (χ1v) is 19.2. The Kier molecular flexibility index (Phi) is 11.9. The Morgan fingerprint density at radius 3 is 2.49 bits per heavy atom. The van der Waals surface area contributed by atoms with Gasteiger partial charge < -0.3 is 34.5 Å². The highest BCUT2D eigenvalue weighted by molar-refractivity contribution is 7.89. The molecule has 2 saturated heterocycles. The van der Waals surface area contributed by atoms with Gasteiger partial charge >= 0.3 is 6.09 Å². The minimum atomic E-state index is -4.29. The number of hydrogen-bond acceptors (Lipinski definition) is 9. The van der Waals surface area contributed by atoms with Gasteiger partial charge in [0.15, 0.2) is 17.8 Å². The molecule has 13 nitrogen and oxygen atoms in total. The van der Waals surface area contributed by atoms with Crippen LogP contribution in [0.15, 0.2) is 77.7 Å². The van der Waals surface area contributed by atoms with Crippen LogP contribution in [0.2, 0.25) is 0 Å². The largest absolute Gasteiger partial charge is 0.465 e. The molecule has 2 fully saturated rings. The number of fused-ring (bicyclic) bond motifs is 2. The molecule has 6 rings (SSSR count). The van der Waals surface area contributed by atoms with Gasteiger partial charge in [0.25, 0.3) is 5.91 Å². The highest BCUT2D eigenvalue weighted by Gasteiger charge is 2.49. The van der Waals surface area contributed by atoms with Crippen molar-refractivity contribution in [1.29, 1.82) is 0 Å². The third kappa shape index (κ3) is 9.10. The van der Waals surface area contributed by atoms with Gasteiger partial charge in [0.1, 0.15) is 5.82 Å². The molecule has 0 unspecified atom stereocenters. The summed E-state index contributed by atoms with van der Waals surface area (Å²) >= 11 is 0. The van der Waals surface area contributed by atoms with E-state index in [1.54, 1.807) is 0 Å². The maximum absolute atomic E-state index is 14.5. The molecule has 0 spiro atoms. The van der Waals surface area contributed by atoms with Crippen LogP contribution in [0.4, 0.5) is 9.18 Å². The summed E-state index contributed by atoms with van der Waals surface area (Å²) in [5, 5.41) is 25.6. The SMILES string of the molecule is CC(C)(CCCNC(=O)c1ccc(F)cc1)CN(C[C@@H](O)[C@H](Cc1ccccc1)N(C(=O)O)[C@H]1CO[C@H]2OCC[C@H]21)S(=O)(=O)c1ccc2c(c1)OCO2. The van der Waals surface area contributed by atoms with Gasteiger partial charge in [-0.2, -0.15) is 4.31 Å². The summed E-state index contributed by atoms with van der Waals surface area (Å²) in [6.07, 6.45) is -1.55. The predicted octanol–water partition coefficient (Wildman–Crippen LogP) is 4.50. The van der Waals surface area contributed by atoms with E-state index in [1.165, 1.54) is 51.7 Å². The van der Waals surface area contributed by atoms with Crippen molar-refractivity contribution in [3.05, 3.63) is 89.7 Å². The van der Waals surface area contributed by atoms with Crippen molar-refractivity contribution < 1.29 is 51.6 Å². The molecule has 3 N–H and O–H groups in total. The summed E-state index contributed by atoms with van der Waals surface area (Å²) < 4.78 is 65.9. The number of carboxylic acid groups (broad SMARTS) is 1. The quantitative estimate of drug-likeness (QED) is 0.178. The number of carbonyl (C=O) groups is 2. The summed E-state index contributed by atoms with van der Waals surface area (Å²) in [4.78, 5) is 26.8. The molecule has 53 heavy (non-hydrogen) atoms. The molecule has 0 saturated carbocycles. The van der Waals surface area contributed by atoms with E-state index in [9.17, 15) is 32.6 Å². The lowest BCUT2D eigenvalue weighted by Crippen LogP contribution is -2.58. The van der Waals surface area contributed by atoms with Crippen molar-refractivity contribution >= 4 is 22.0 Å². The third-order valence-corrected chi connectivity index (χ3v) is 11.9. The number of nitrogens with one attached hydrogen (secondary N) is 1. The van der Waals surface area contributed by atoms with Crippen molar-refractivity contribution in [2.45, 2.75) is 68.9 Å². The molecule has 3 heterocycles. The normalized spacial score (nSPS) is 20.6. The number of benzene rings is 3. The van der Waals surface area contributed by atoms with E-state index < -0.39 is 58.4 Å². The summed E-state index contributed by atoms with van der Waals surface area (Å²) in [6, 6.07) is 17.1. The molecule has 3 aliphatic heterocycles. The van der Waals surface area contributed by atoms with Gasteiger partial charge in [-0.1, -0.05) is 44.2 Å². The fourth-order valence-electron chi connectivity index (χ4n) is 7.33. The zero-order valence-corrected chi connectivity index (χ0v) is 30.5. The van der Waals surface area contributed by atoms with Crippen LogP contribution in [-0.4, -0.2) is 104 Å². The molecular weight excluding hydrogens is 709 g/mol. The zero-order valence-electron chi connectivity index (χ0n) is 29.7. The number of nitrogens with zero attached hydrogens (tertiary/aromatic N) is 2. The van der Waals surface area contributed by atoms with Crippen LogP contribution in [0.3, 0.4) is 0 Å². The molecule has 3 aromatic rings. The molecule has 286 valence electrons. The molecule has 0 radical (unpaired) electrons. The lowest BCUT2D eigenvalue weighted by atomic mass is 9.87. The van der Waals surface area contributed by atoms with Crippen LogP contribution < -0.4 is 14.8 Å². The number of halogens is 1. The number of ether oxygens (including phenoxy) is 4. The molecular formula is C38H46FN3O10S. The topological polar surface area (TPSA) is 164 Å². The second-order valence-electron chi connectivity index (χ2n) is 14.4. The summed E-state index contributed by atoms with van der Waals surface area (Å²) in [6.45, 7) is 4.09. The Morgan fingerprint density at radius 1 is 1.02 bits per heavy atom. The van der Waals surface area contributed by atoms with E-state index in [-0.39, 0.29) is 48.8 Å². The highest BCUT2D eigenvalue weighted by Crippen LogP contribution is 2.38. The van der Waals surface area contributed by atoms with Crippen LogP contribution >= 0.6 is 0 Å². The standard InChI is InChI=1S/C38H46FN3O10S/c1-38(2,16-6-17-40-35(44)26-9-11-27(39)12-10-26)23-41(53(47,48)28-13-14-33-34(20-28)52-24-51-33)21-32(43)30(19-25-7-4-3-5-8-25)42(37(45)46)31-22-50-36-29(31)15-18-49-36/h3-5,7-14,20,29-32,36,43H,6,15-19,21-24H2,1-2H3,(H,40,44)(H,45,46)/t29-,30-,31-,32+,36+/m0/s1. The Labute approximate surface area is 308 Å². The summed E-state index contributed by atoms with van der Waals surface area (Å²) in [5.41, 5.74) is 0.425. The average molecular weight is 756 g/mol. The fourth-order valence-corrected chi connectivity index (χ4v) is 8.99. The van der Waals surface area contributed by atoms with Gasteiger partial charge in [0.05, 0.1) is 36.3 Å². The van der Waals surface area contributed by atoms with E-state index in [4.69, 9.17) is 18.9 Å². The lowest BCUT2D eigenvalue weighted by Gasteiger charge is -2.40. The number of carbonyl (C=O) groups excluding carboxylic acids is 1. The van der Waals surface area contributed by atoms with Crippen LogP contribution in [0.25, 0.3) is 0 Å². The Bertz CT molecular complexity index is 1850. The van der Waals surface area contributed by atoms with Crippen LogP contribution in [0.5, 0.6) is 11.5 Å². The van der Waals surface area contributed by atoms with Crippen molar-refractivity contribution in [3.8, 4) is 11.5 Å². The number of amides is 2. The first-order valence-electron chi connectivity index (χ1n) is 17.7. The van der Waals surface area contributed by atoms with Crippen molar-refractivity contribution in [3.63, 3.8) is 0 Å². The van der Waals surface area contributed by atoms with Crippen LogP contribution in [0.1, 0.15) is 49.0 Å². The lowest BCUT2D eigenvalue weighted by molar-refractivity contribution is -0.0906. The van der Waals surface area contributed by atoms with Crippen molar-refractivity contribution in [2.75, 3.05) is 39.6 Å². The molecule has 2 amide bonds. The first kappa shape index (κ1) is 38.4. The van der Waals surface area contributed by atoms with Gasteiger partial charge in [-0.25, -0.2) is 17.6 Å². The number of rotatable bonds is 16. The minimum Gasteiger partial charge on any atom is -0.465 e. The third-order valence-electron chi connectivity index (χ3n) is 10.1. The van der Waals surface area contributed by atoms with E-state index in [0.717, 1.165) is 5.56 Å². The van der Waals surface area contributed by atoms with Gasteiger partial charge in [0, 0.05) is 37.2 Å². The van der Waals surface area contributed by atoms with Crippen LogP contribution in [0, 0.1) is 17.2 Å². The summed E-state index contributed by atoms with van der Waals surface area (Å²) in [7, 11) is -4.29. The molecule has 3 aliphatic rings. The van der Waals surface area contributed by atoms with E-state index in [2.05, 4.69) is 5.32 Å². The highest BCUT2D eigenvalue weighted by atomic mass is 32.2. The smallest absolute Gasteiger partial charge is 0.407 e. The molecule has 3 aromatic carbocycles. The average Bonchev–Trinajstić information content (AvgIpc) is 3.89. The number of aliphatic hydroxyl groups is 1. The molecule has 15 heteroatoms. The molecule has 0 aromatic heterocycles. The van der Waals surface area contributed by atoms with E-state index in [0.29, 0.717) is 43.7 Å². The zero-order chi connectivity index (χ0) is 37.8. The maximum Gasteiger partial charge on any atom is 0.407 e. The number of sulfonamides is 1. The summed E-state index contributed by atoms with van der Waals surface area (Å²) in [5.74, 6) is -0.343. The van der Waals surface area contributed by atoms with Crippen LogP contribution in [-0.2, 0) is 25.9 Å².